The van der Waals surface area contributed by atoms with E-state index >= 15 is 0 Å². The fraction of sp³-hybridized carbons (Fsp3) is 0.440. The fourth-order valence-corrected chi connectivity index (χ4v) is 2.46. The lowest BCUT2D eigenvalue weighted by atomic mass is 10.1. The van der Waals surface area contributed by atoms with E-state index in [4.69, 9.17) is 5.73 Å². The van der Waals surface area contributed by atoms with E-state index in [-0.39, 0.29) is 12.2 Å². The predicted molar refractivity (Wildman–Crippen MR) is 124 cm³/mol. The van der Waals surface area contributed by atoms with Gasteiger partial charge in [0.05, 0.1) is 5.69 Å². The third kappa shape index (κ3) is 11.8. The van der Waals surface area contributed by atoms with E-state index in [0.717, 1.165) is 12.0 Å². The minimum atomic E-state index is -0.445. The van der Waals surface area contributed by atoms with Crippen LogP contribution in [0.4, 0.5) is 10.1 Å². The van der Waals surface area contributed by atoms with E-state index in [1.54, 1.807) is 18.2 Å². The van der Waals surface area contributed by atoms with Crippen molar-refractivity contribution in [2.24, 2.45) is 10.7 Å². The summed E-state index contributed by atoms with van der Waals surface area (Å²) in [6.45, 7) is 12.0. The molecule has 1 aromatic carbocycles. The van der Waals surface area contributed by atoms with E-state index in [0.29, 0.717) is 17.1 Å². The van der Waals surface area contributed by atoms with Gasteiger partial charge in [-0.3, -0.25) is 4.79 Å². The molecule has 0 radical (unpaired) electrons. The smallest absolute Gasteiger partial charge is 0.134 e. The van der Waals surface area contributed by atoms with Crippen molar-refractivity contribution in [3.63, 3.8) is 0 Å². The molecule has 160 valence electrons. The van der Waals surface area contributed by atoms with Crippen LogP contribution in [0.3, 0.4) is 0 Å². The van der Waals surface area contributed by atoms with Crippen molar-refractivity contribution in [1.29, 1.82) is 0 Å². The topological polar surface area (TPSA) is 55.4 Å². The molecule has 1 aromatic rings. The van der Waals surface area contributed by atoms with Crippen LogP contribution in [-0.4, -0.2) is 11.6 Å². The Hall–Kier alpha value is -2.49. The molecule has 0 atom stereocenters. The zero-order valence-electron chi connectivity index (χ0n) is 18.9. The highest BCUT2D eigenvalue weighted by molar-refractivity contribution is 5.93. The van der Waals surface area contributed by atoms with Gasteiger partial charge in [-0.05, 0) is 56.5 Å². The molecule has 0 aromatic heterocycles. The van der Waals surface area contributed by atoms with Crippen molar-refractivity contribution < 1.29 is 9.18 Å². The molecular weight excluding hydrogens is 363 g/mol. The predicted octanol–water partition coefficient (Wildman–Crippen LogP) is 7.00. The Balaban J connectivity index is 0.00000139. The number of carbonyl (C=O) groups is 1. The third-order valence-electron chi connectivity index (χ3n) is 4.24. The molecule has 3 nitrogen and oxygen atoms in total. The number of allylic oxidation sites excluding steroid dienone is 5. The van der Waals surface area contributed by atoms with Crippen LogP contribution in [0.15, 0.2) is 58.6 Å². The summed E-state index contributed by atoms with van der Waals surface area (Å²) in [5, 5.41) is 0. The maximum atomic E-state index is 13.9. The number of nitrogens with zero attached hydrogens (tertiary/aromatic N) is 1. The highest BCUT2D eigenvalue weighted by atomic mass is 19.1. The van der Waals surface area contributed by atoms with E-state index in [1.165, 1.54) is 37.8 Å². The number of aliphatic imine (C=N–C) groups is 1. The van der Waals surface area contributed by atoms with E-state index in [1.807, 2.05) is 25.2 Å². The average molecular weight is 401 g/mol. The minimum absolute atomic E-state index is 0.0813. The Kier molecular flexibility index (Phi) is 14.1. The number of amidine groups is 1. The van der Waals surface area contributed by atoms with E-state index in [9.17, 15) is 9.18 Å². The van der Waals surface area contributed by atoms with Crippen LogP contribution in [0.25, 0.3) is 0 Å². The number of benzene rings is 1. The molecule has 4 heteroatoms. The van der Waals surface area contributed by atoms with Gasteiger partial charge in [-0.1, -0.05) is 69.9 Å². The van der Waals surface area contributed by atoms with Crippen LogP contribution in [0.1, 0.15) is 72.8 Å². The van der Waals surface area contributed by atoms with Crippen molar-refractivity contribution in [2.45, 2.75) is 73.6 Å². The molecule has 29 heavy (non-hydrogen) atoms. The summed E-state index contributed by atoms with van der Waals surface area (Å²) >= 11 is 0. The molecule has 1 rings (SSSR count). The Morgan fingerprint density at radius 1 is 1.10 bits per heavy atom. The lowest BCUT2D eigenvalue weighted by molar-refractivity contribution is -0.116. The van der Waals surface area contributed by atoms with Crippen molar-refractivity contribution in [3.8, 4) is 0 Å². The molecule has 2 N–H and O–H groups in total. The van der Waals surface area contributed by atoms with Gasteiger partial charge in [0.15, 0.2) is 0 Å². The lowest BCUT2D eigenvalue weighted by Gasteiger charge is -2.03. The Morgan fingerprint density at radius 3 is 2.21 bits per heavy atom. The number of rotatable bonds is 9. The SMILES string of the molecule is CCCCC.C\C=C/C(/C=C/C(N)=Nc1ccc(CC(C)=O)c(F)c1)=C(/C)CC. The normalized spacial score (nSPS) is 12.7. The van der Waals surface area contributed by atoms with Gasteiger partial charge in [0.25, 0.3) is 0 Å². The summed E-state index contributed by atoms with van der Waals surface area (Å²) in [5.74, 6) is -0.235. The molecule has 0 saturated heterocycles. The molecule has 0 saturated carbocycles. The maximum Gasteiger partial charge on any atom is 0.134 e. The molecule has 0 amide bonds. The molecule has 0 aliphatic carbocycles. The number of carbonyl (C=O) groups excluding carboxylic acids is 1. The molecule has 0 spiro atoms. The van der Waals surface area contributed by atoms with Gasteiger partial charge >= 0.3 is 0 Å². The van der Waals surface area contributed by atoms with Gasteiger partial charge in [-0.15, -0.1) is 0 Å². The molecule has 0 fully saturated rings. The highest BCUT2D eigenvalue weighted by Gasteiger charge is 2.05. The van der Waals surface area contributed by atoms with Gasteiger partial charge < -0.3 is 5.73 Å². The largest absolute Gasteiger partial charge is 0.384 e. The fourth-order valence-electron chi connectivity index (χ4n) is 2.46. The number of halogens is 1. The van der Waals surface area contributed by atoms with Crippen molar-refractivity contribution in [3.05, 3.63) is 65.0 Å². The number of hydrogen-bond donors (Lipinski definition) is 1. The van der Waals surface area contributed by atoms with Crippen LogP contribution in [0, 0.1) is 5.82 Å². The molecule has 0 heterocycles. The van der Waals surface area contributed by atoms with Gasteiger partial charge in [-0.25, -0.2) is 9.38 Å². The summed E-state index contributed by atoms with van der Waals surface area (Å²) in [6.07, 6.45) is 12.7. The van der Waals surface area contributed by atoms with Crippen LogP contribution < -0.4 is 5.73 Å². The minimum Gasteiger partial charge on any atom is -0.384 e. The zero-order chi connectivity index (χ0) is 22.2. The van der Waals surface area contributed by atoms with Crippen molar-refractivity contribution in [2.75, 3.05) is 0 Å². The first-order valence-electron chi connectivity index (χ1n) is 10.4. The summed E-state index contributed by atoms with van der Waals surface area (Å²) < 4.78 is 13.9. The molecule has 0 aliphatic heterocycles. The van der Waals surface area contributed by atoms with Gasteiger partial charge in [-0.2, -0.15) is 0 Å². The number of Topliss-reactive ketones (excluding diaryl/α,β-unsaturated/α-hetero) is 1. The van der Waals surface area contributed by atoms with Crippen LogP contribution in [0.2, 0.25) is 0 Å². The maximum absolute atomic E-state index is 13.9. The van der Waals surface area contributed by atoms with Crippen molar-refractivity contribution in [1.82, 2.24) is 0 Å². The average Bonchev–Trinajstić information content (AvgIpc) is 2.67. The second-order valence-corrected chi connectivity index (χ2v) is 6.97. The number of ketones is 1. The quantitative estimate of drug-likeness (QED) is 0.275. The van der Waals surface area contributed by atoms with Gasteiger partial charge in [0.2, 0.25) is 0 Å². The molecule has 0 aliphatic rings. The summed E-state index contributed by atoms with van der Waals surface area (Å²) in [6, 6.07) is 4.51. The number of nitrogens with two attached hydrogens (primary N) is 1. The third-order valence-corrected chi connectivity index (χ3v) is 4.24. The molecular formula is C25H37FN2O. The highest BCUT2D eigenvalue weighted by Crippen LogP contribution is 2.18. The standard InChI is InChI=1S/C20H25FN2O.C5H12/c1-5-7-16(14(3)6-2)9-11-20(22)23-18-10-8-17(12-15(4)24)19(21)13-18;1-3-5-4-2/h5,7-11,13H,6,12H2,1-4H3,(H2,22,23);3-5H2,1-2H3/b7-5-,11-9+,16-14+;. The Bertz CT molecular complexity index is 756. The van der Waals surface area contributed by atoms with Crippen molar-refractivity contribution >= 4 is 17.3 Å². The molecule has 0 bridgehead atoms. The Labute approximate surface area is 176 Å². The van der Waals surface area contributed by atoms with Crippen LogP contribution in [0.5, 0.6) is 0 Å². The second kappa shape index (κ2) is 15.4. The first kappa shape index (κ1) is 26.5. The first-order chi connectivity index (χ1) is 13.8. The van der Waals surface area contributed by atoms with Crippen LogP contribution in [-0.2, 0) is 11.2 Å². The summed E-state index contributed by atoms with van der Waals surface area (Å²) in [5.41, 5.74) is 9.02. The van der Waals surface area contributed by atoms with E-state index in [2.05, 4.69) is 32.7 Å². The summed E-state index contributed by atoms with van der Waals surface area (Å²) in [7, 11) is 0. The number of hydrogen-bond acceptors (Lipinski definition) is 2. The lowest BCUT2D eigenvalue weighted by Crippen LogP contribution is -2.07. The molecule has 0 unspecified atom stereocenters. The number of unbranched alkanes of at least 4 members (excludes halogenated alkanes) is 2. The monoisotopic (exact) mass is 400 g/mol. The van der Waals surface area contributed by atoms with E-state index < -0.39 is 5.82 Å². The second-order valence-electron chi connectivity index (χ2n) is 6.97. The van der Waals surface area contributed by atoms with Gasteiger partial charge in [0.1, 0.15) is 17.4 Å². The van der Waals surface area contributed by atoms with Crippen LogP contribution >= 0.6 is 0 Å². The van der Waals surface area contributed by atoms with Gasteiger partial charge in [0, 0.05) is 6.42 Å². The zero-order valence-corrected chi connectivity index (χ0v) is 18.9. The Morgan fingerprint density at radius 2 is 1.76 bits per heavy atom. The summed E-state index contributed by atoms with van der Waals surface area (Å²) in [4.78, 5) is 15.3. The first-order valence-corrected chi connectivity index (χ1v) is 10.4.